The highest BCUT2D eigenvalue weighted by molar-refractivity contribution is 5.71. The molecular weight excluding hydrogens is 961 g/mol. The average molecular weight is 1100 g/mol. The van der Waals surface area contributed by atoms with E-state index in [1.54, 1.807) is 0 Å². The molecule has 78 heavy (non-hydrogen) atoms. The summed E-state index contributed by atoms with van der Waals surface area (Å²) in [6, 6.07) is 0. The molecule has 6 heteroatoms. The van der Waals surface area contributed by atoms with Crippen molar-refractivity contribution in [1.82, 2.24) is 0 Å². The molecule has 0 aliphatic carbocycles. The number of hydrogen-bond acceptors (Lipinski definition) is 6. The minimum absolute atomic E-state index is 0.0642. The van der Waals surface area contributed by atoms with Crippen molar-refractivity contribution in [2.45, 2.75) is 419 Å². The number of ether oxygens (including phenoxy) is 3. The van der Waals surface area contributed by atoms with Gasteiger partial charge in [-0.2, -0.15) is 0 Å². The molecule has 1 unspecified atom stereocenters. The molecule has 0 radical (unpaired) electrons. The predicted octanol–water partition coefficient (Wildman–Crippen LogP) is 24.4. The molecule has 0 bridgehead atoms. The zero-order chi connectivity index (χ0) is 56.4. The van der Waals surface area contributed by atoms with E-state index in [-0.39, 0.29) is 31.1 Å². The second-order valence-electron chi connectivity index (χ2n) is 24.5. The van der Waals surface area contributed by atoms with Gasteiger partial charge < -0.3 is 14.2 Å². The second kappa shape index (κ2) is 67.7. The summed E-state index contributed by atoms with van der Waals surface area (Å²) in [5.74, 6) is -0.841. The third kappa shape index (κ3) is 65.0. The molecule has 462 valence electrons. The van der Waals surface area contributed by atoms with Crippen LogP contribution >= 0.6 is 0 Å². The zero-order valence-corrected chi connectivity index (χ0v) is 53.2. The molecule has 6 nitrogen and oxygen atoms in total. The van der Waals surface area contributed by atoms with Gasteiger partial charge in [0.2, 0.25) is 0 Å². The Balaban J connectivity index is 3.98. The first-order valence-corrected chi connectivity index (χ1v) is 35.7. The molecule has 0 heterocycles. The van der Waals surface area contributed by atoms with Crippen LogP contribution in [0.15, 0.2) is 12.2 Å². The summed E-state index contributed by atoms with van der Waals surface area (Å²) in [7, 11) is 0. The molecule has 0 aliphatic rings. The van der Waals surface area contributed by atoms with Crippen LogP contribution in [0.4, 0.5) is 0 Å². The van der Waals surface area contributed by atoms with Crippen molar-refractivity contribution >= 4 is 17.9 Å². The summed E-state index contributed by atoms with van der Waals surface area (Å²) in [5, 5.41) is 0. The third-order valence-corrected chi connectivity index (χ3v) is 16.5. The van der Waals surface area contributed by atoms with Crippen LogP contribution in [0.5, 0.6) is 0 Å². The molecule has 0 aliphatic heterocycles. The number of carbonyl (C=O) groups excluding carboxylic acids is 3. The van der Waals surface area contributed by atoms with Crippen molar-refractivity contribution in [3.05, 3.63) is 12.2 Å². The smallest absolute Gasteiger partial charge is 0.306 e. The van der Waals surface area contributed by atoms with E-state index in [9.17, 15) is 14.4 Å². The minimum Gasteiger partial charge on any atom is -0.462 e. The Morgan fingerprint density at radius 2 is 0.423 bits per heavy atom. The van der Waals surface area contributed by atoms with E-state index >= 15 is 0 Å². The number of rotatable bonds is 67. The number of esters is 3. The van der Waals surface area contributed by atoms with Gasteiger partial charge in [-0.15, -0.1) is 0 Å². The molecule has 0 saturated heterocycles. The van der Waals surface area contributed by atoms with E-state index in [1.165, 1.54) is 315 Å². The molecule has 0 spiro atoms. The summed E-state index contributed by atoms with van der Waals surface area (Å²) in [5.41, 5.74) is 0. The second-order valence-corrected chi connectivity index (χ2v) is 24.5. The van der Waals surface area contributed by atoms with Crippen molar-refractivity contribution in [1.29, 1.82) is 0 Å². The summed E-state index contributed by atoms with van der Waals surface area (Å²) < 4.78 is 16.9. The van der Waals surface area contributed by atoms with Crippen LogP contribution in [0.1, 0.15) is 412 Å². The number of unbranched alkanes of at least 4 members (excludes halogenated alkanes) is 54. The van der Waals surface area contributed by atoms with Crippen molar-refractivity contribution in [2.24, 2.45) is 0 Å². The maximum absolute atomic E-state index is 12.9. The monoisotopic (exact) mass is 1100 g/mol. The highest BCUT2D eigenvalue weighted by Gasteiger charge is 2.19. The molecule has 0 aromatic rings. The van der Waals surface area contributed by atoms with E-state index in [4.69, 9.17) is 14.2 Å². The fourth-order valence-corrected chi connectivity index (χ4v) is 11.2. The van der Waals surface area contributed by atoms with Crippen molar-refractivity contribution in [2.75, 3.05) is 13.2 Å². The Labute approximate surface area is 488 Å². The average Bonchev–Trinajstić information content (AvgIpc) is 3.44. The lowest BCUT2D eigenvalue weighted by Crippen LogP contribution is -2.30. The summed E-state index contributed by atoms with van der Waals surface area (Å²) in [6.07, 6.45) is 81.4. The fourth-order valence-electron chi connectivity index (χ4n) is 11.2. The van der Waals surface area contributed by atoms with E-state index < -0.39 is 6.10 Å². The first-order valence-electron chi connectivity index (χ1n) is 35.7. The topological polar surface area (TPSA) is 78.9 Å². The third-order valence-electron chi connectivity index (χ3n) is 16.5. The highest BCUT2D eigenvalue weighted by Crippen LogP contribution is 2.19. The molecule has 0 saturated carbocycles. The molecule has 1 atom stereocenters. The minimum atomic E-state index is -0.765. The van der Waals surface area contributed by atoms with Gasteiger partial charge in [-0.25, -0.2) is 0 Å². The Kier molecular flexibility index (Phi) is 66.0. The van der Waals surface area contributed by atoms with Crippen LogP contribution in [-0.4, -0.2) is 37.2 Å². The fraction of sp³-hybridized carbons (Fsp3) is 0.931. The van der Waals surface area contributed by atoms with Crippen LogP contribution < -0.4 is 0 Å². The van der Waals surface area contributed by atoms with Gasteiger partial charge in [-0.05, 0) is 44.9 Å². The van der Waals surface area contributed by atoms with Crippen molar-refractivity contribution in [3.8, 4) is 0 Å². The molecule has 0 aromatic carbocycles. The van der Waals surface area contributed by atoms with E-state index in [2.05, 4.69) is 32.9 Å². The molecular formula is C72H138O6. The lowest BCUT2D eigenvalue weighted by molar-refractivity contribution is -0.167. The highest BCUT2D eigenvalue weighted by atomic mass is 16.6. The van der Waals surface area contributed by atoms with Crippen LogP contribution in [0.3, 0.4) is 0 Å². The Morgan fingerprint density at radius 1 is 0.244 bits per heavy atom. The van der Waals surface area contributed by atoms with E-state index in [0.29, 0.717) is 19.3 Å². The molecule has 0 N–H and O–H groups in total. The SMILES string of the molecule is CCCCCCCCCC/C=C\CCCCCCCCCCCCCC(=O)OC(COC(=O)CCCCCCCCC)COC(=O)CCCCCCCCCCCCCCCCCCCCCCCCCCCCCCCC. The largest absolute Gasteiger partial charge is 0.462 e. The van der Waals surface area contributed by atoms with Crippen LogP contribution in [0.2, 0.25) is 0 Å². The Morgan fingerprint density at radius 3 is 0.641 bits per heavy atom. The quantitative estimate of drug-likeness (QED) is 0.0261. The number of carbonyl (C=O) groups is 3. The predicted molar refractivity (Wildman–Crippen MR) is 340 cm³/mol. The maximum Gasteiger partial charge on any atom is 0.306 e. The van der Waals surface area contributed by atoms with Gasteiger partial charge in [0.05, 0.1) is 0 Å². The van der Waals surface area contributed by atoms with Gasteiger partial charge in [-0.1, -0.05) is 360 Å². The number of hydrogen-bond donors (Lipinski definition) is 0. The molecule has 0 rings (SSSR count). The van der Waals surface area contributed by atoms with Crippen LogP contribution in [0.25, 0.3) is 0 Å². The Hall–Kier alpha value is -1.85. The number of allylic oxidation sites excluding steroid dienone is 2. The van der Waals surface area contributed by atoms with Gasteiger partial charge in [-0.3, -0.25) is 14.4 Å². The van der Waals surface area contributed by atoms with E-state index in [0.717, 1.165) is 57.8 Å². The zero-order valence-electron chi connectivity index (χ0n) is 53.2. The maximum atomic E-state index is 12.9. The van der Waals surface area contributed by atoms with Gasteiger partial charge in [0, 0.05) is 19.3 Å². The van der Waals surface area contributed by atoms with Gasteiger partial charge in [0.1, 0.15) is 13.2 Å². The molecule has 0 amide bonds. The first-order chi connectivity index (χ1) is 38.5. The van der Waals surface area contributed by atoms with Crippen molar-refractivity contribution in [3.63, 3.8) is 0 Å². The first kappa shape index (κ1) is 76.1. The standard InChI is InChI=1S/C72H138O6/c1-4-7-10-13-16-18-20-22-24-26-28-30-32-33-34-35-36-37-38-40-41-43-45-47-49-51-53-56-59-62-65-71(74)77-68-69(67-76-70(73)64-61-58-55-15-12-9-6-3)78-72(75)66-63-60-57-54-52-50-48-46-44-42-39-31-29-27-25-23-21-19-17-14-11-8-5-2/h27,29,69H,4-26,28,30-68H2,1-3H3/b29-27-. The van der Waals surface area contributed by atoms with E-state index in [1.807, 2.05) is 0 Å². The lowest BCUT2D eigenvalue weighted by Gasteiger charge is -2.18. The van der Waals surface area contributed by atoms with Gasteiger partial charge in [0.15, 0.2) is 6.10 Å². The Bertz CT molecular complexity index is 1210. The lowest BCUT2D eigenvalue weighted by atomic mass is 10.0. The van der Waals surface area contributed by atoms with Gasteiger partial charge >= 0.3 is 17.9 Å². The normalized spacial score (nSPS) is 12.0. The summed E-state index contributed by atoms with van der Waals surface area (Å²) in [6.45, 7) is 6.68. The van der Waals surface area contributed by atoms with Crippen LogP contribution in [0, 0.1) is 0 Å². The summed E-state index contributed by atoms with van der Waals surface area (Å²) >= 11 is 0. The van der Waals surface area contributed by atoms with Crippen molar-refractivity contribution < 1.29 is 28.6 Å². The molecule has 0 fully saturated rings. The van der Waals surface area contributed by atoms with Gasteiger partial charge in [0.25, 0.3) is 0 Å². The summed E-state index contributed by atoms with van der Waals surface area (Å²) in [4.78, 5) is 38.2. The van der Waals surface area contributed by atoms with Crippen LogP contribution in [-0.2, 0) is 28.6 Å². The molecule has 0 aromatic heterocycles.